The van der Waals surface area contributed by atoms with Crippen LogP contribution in [0.2, 0.25) is 5.02 Å². The van der Waals surface area contributed by atoms with Crippen molar-refractivity contribution in [1.29, 1.82) is 0 Å². The molecule has 3 aliphatic rings. The van der Waals surface area contributed by atoms with Crippen LogP contribution in [0.3, 0.4) is 0 Å². The predicted molar refractivity (Wildman–Crippen MR) is 143 cm³/mol. The van der Waals surface area contributed by atoms with Gasteiger partial charge in [-0.15, -0.1) is 24.8 Å². The molecule has 192 valence electrons. The fourth-order valence-corrected chi connectivity index (χ4v) is 5.77. The average Bonchev–Trinajstić information content (AvgIpc) is 3.37. The number of likely N-dealkylation sites (tertiary alicyclic amines) is 1. The van der Waals surface area contributed by atoms with E-state index >= 15 is 0 Å². The summed E-state index contributed by atoms with van der Waals surface area (Å²) in [6.07, 6.45) is 4.20. The molecule has 1 aromatic carbocycles. The van der Waals surface area contributed by atoms with Crippen LogP contribution in [0.1, 0.15) is 60.9 Å². The molecular formula is C25H34Cl3N5O2. The van der Waals surface area contributed by atoms with Gasteiger partial charge in [0.15, 0.2) is 0 Å². The summed E-state index contributed by atoms with van der Waals surface area (Å²) in [4.78, 5) is 29.5. The monoisotopic (exact) mass is 541 g/mol. The number of piperazine rings is 1. The van der Waals surface area contributed by atoms with Crippen LogP contribution < -0.4 is 4.90 Å². The van der Waals surface area contributed by atoms with E-state index in [0.717, 1.165) is 36.2 Å². The quantitative estimate of drug-likeness (QED) is 0.629. The van der Waals surface area contributed by atoms with Crippen LogP contribution in [0, 0.1) is 0 Å². The number of aliphatic hydroxyl groups is 1. The number of hydrogen-bond acceptors (Lipinski definition) is 6. The minimum atomic E-state index is -0.511. The first kappa shape index (κ1) is 27.9. The van der Waals surface area contributed by atoms with Gasteiger partial charge in [-0.2, -0.15) is 0 Å². The zero-order valence-electron chi connectivity index (χ0n) is 20.1. The van der Waals surface area contributed by atoms with Gasteiger partial charge in [-0.25, -0.2) is 9.97 Å². The number of aliphatic hydroxyl groups excluding tert-OH is 1. The number of halogens is 3. The summed E-state index contributed by atoms with van der Waals surface area (Å²) in [5.74, 6) is 0.944. The Bertz CT molecular complexity index is 1020. The largest absolute Gasteiger partial charge is 0.387 e. The first-order valence-corrected chi connectivity index (χ1v) is 12.3. The van der Waals surface area contributed by atoms with E-state index in [1.807, 2.05) is 35.4 Å². The van der Waals surface area contributed by atoms with E-state index in [2.05, 4.69) is 33.7 Å². The van der Waals surface area contributed by atoms with Crippen molar-refractivity contribution in [3.63, 3.8) is 0 Å². The molecule has 2 aromatic rings. The lowest BCUT2D eigenvalue weighted by molar-refractivity contribution is -0.134. The summed E-state index contributed by atoms with van der Waals surface area (Å²) in [5.41, 5.74) is 2.85. The number of fused-ring (bicyclic) bond motifs is 1. The van der Waals surface area contributed by atoms with Crippen LogP contribution in [0.25, 0.3) is 0 Å². The van der Waals surface area contributed by atoms with Gasteiger partial charge in [0.05, 0.1) is 17.7 Å². The van der Waals surface area contributed by atoms with Gasteiger partial charge in [0, 0.05) is 43.4 Å². The Balaban J connectivity index is 0.00000171. The van der Waals surface area contributed by atoms with Crippen LogP contribution in [-0.4, -0.2) is 76.6 Å². The predicted octanol–water partition coefficient (Wildman–Crippen LogP) is 4.04. The van der Waals surface area contributed by atoms with E-state index in [1.54, 1.807) is 0 Å². The minimum Gasteiger partial charge on any atom is -0.387 e. The standard InChI is InChI=1S/C25H32ClN5O2.2ClH/c1-16-14-21(32)23-19(16)15-27-25(28-23)31-12-10-30(11-13-31)24(33)22(20-4-3-9-29(20)2)17-5-7-18(26)8-6-17;;/h5-8,15-16,20-22,32H,3-4,9-14H2,1-2H3;2*1H/t16-,20+,21-,22+;;/m1../s1. The van der Waals surface area contributed by atoms with Crippen molar-refractivity contribution >= 4 is 48.3 Å². The number of hydrogen-bond donors (Lipinski definition) is 1. The van der Waals surface area contributed by atoms with Gasteiger partial charge in [0.1, 0.15) is 0 Å². The third-order valence-corrected chi connectivity index (χ3v) is 7.84. The Kier molecular flexibility index (Phi) is 9.27. The number of rotatable bonds is 4. The van der Waals surface area contributed by atoms with Crippen molar-refractivity contribution in [2.24, 2.45) is 0 Å². The van der Waals surface area contributed by atoms with Crippen LogP contribution in [0.5, 0.6) is 0 Å². The molecule has 5 rings (SSSR count). The molecule has 0 saturated carbocycles. The molecule has 7 nitrogen and oxygen atoms in total. The molecule has 2 aliphatic heterocycles. The number of benzene rings is 1. The molecule has 2 fully saturated rings. The second kappa shape index (κ2) is 11.6. The van der Waals surface area contributed by atoms with Crippen molar-refractivity contribution in [1.82, 2.24) is 19.8 Å². The Labute approximate surface area is 224 Å². The Morgan fingerprint density at radius 3 is 2.43 bits per heavy atom. The van der Waals surface area contributed by atoms with Gasteiger partial charge in [0.2, 0.25) is 11.9 Å². The van der Waals surface area contributed by atoms with Gasteiger partial charge in [-0.3, -0.25) is 4.79 Å². The molecule has 0 spiro atoms. The number of anilines is 1. The fourth-order valence-electron chi connectivity index (χ4n) is 5.65. The molecule has 35 heavy (non-hydrogen) atoms. The molecule has 0 radical (unpaired) electrons. The van der Waals surface area contributed by atoms with Crippen LogP contribution in [0.4, 0.5) is 5.95 Å². The van der Waals surface area contributed by atoms with Crippen LogP contribution in [-0.2, 0) is 4.79 Å². The smallest absolute Gasteiger partial charge is 0.231 e. The van der Waals surface area contributed by atoms with Gasteiger partial charge < -0.3 is 19.8 Å². The second-order valence-corrected chi connectivity index (χ2v) is 10.1. The van der Waals surface area contributed by atoms with E-state index in [0.29, 0.717) is 43.6 Å². The highest BCUT2D eigenvalue weighted by molar-refractivity contribution is 6.30. The summed E-state index contributed by atoms with van der Waals surface area (Å²) in [6, 6.07) is 7.96. The molecule has 3 heterocycles. The first-order chi connectivity index (χ1) is 15.9. The molecule has 0 unspecified atom stereocenters. The number of carbonyl (C=O) groups excluding carboxylic acids is 1. The summed E-state index contributed by atoms with van der Waals surface area (Å²) in [7, 11) is 2.12. The lowest BCUT2D eigenvalue weighted by Crippen LogP contribution is -2.52. The lowest BCUT2D eigenvalue weighted by atomic mass is 9.88. The fraction of sp³-hybridized carbons (Fsp3) is 0.560. The molecule has 0 bridgehead atoms. The van der Waals surface area contributed by atoms with Crippen LogP contribution >= 0.6 is 36.4 Å². The number of aromatic nitrogens is 2. The van der Waals surface area contributed by atoms with E-state index in [1.165, 1.54) is 0 Å². The number of carbonyl (C=O) groups is 1. The average molecular weight is 543 g/mol. The van der Waals surface area contributed by atoms with Crippen LogP contribution in [0.15, 0.2) is 30.5 Å². The van der Waals surface area contributed by atoms with Gasteiger partial charge in [0.25, 0.3) is 0 Å². The van der Waals surface area contributed by atoms with E-state index in [-0.39, 0.29) is 48.6 Å². The zero-order valence-corrected chi connectivity index (χ0v) is 22.5. The van der Waals surface area contributed by atoms with Gasteiger partial charge >= 0.3 is 0 Å². The Morgan fingerprint density at radius 2 is 1.80 bits per heavy atom. The highest BCUT2D eigenvalue weighted by Gasteiger charge is 2.38. The third-order valence-electron chi connectivity index (χ3n) is 7.59. The Morgan fingerprint density at radius 1 is 1.11 bits per heavy atom. The van der Waals surface area contributed by atoms with E-state index in [9.17, 15) is 9.90 Å². The summed E-state index contributed by atoms with van der Waals surface area (Å²) in [5, 5.41) is 11.0. The zero-order chi connectivity index (χ0) is 23.1. The lowest BCUT2D eigenvalue weighted by Gasteiger charge is -2.38. The van der Waals surface area contributed by atoms with E-state index in [4.69, 9.17) is 11.6 Å². The number of amides is 1. The molecule has 1 amide bonds. The van der Waals surface area contributed by atoms with Crippen molar-refractivity contribution in [3.05, 3.63) is 52.3 Å². The highest BCUT2D eigenvalue weighted by Crippen LogP contribution is 2.39. The second-order valence-electron chi connectivity index (χ2n) is 9.69. The molecule has 2 saturated heterocycles. The maximum atomic E-state index is 13.8. The molecule has 1 aromatic heterocycles. The van der Waals surface area contributed by atoms with Crippen molar-refractivity contribution < 1.29 is 9.90 Å². The first-order valence-electron chi connectivity index (χ1n) is 12.0. The number of nitrogens with zero attached hydrogens (tertiary/aromatic N) is 5. The molecule has 4 atom stereocenters. The van der Waals surface area contributed by atoms with Crippen molar-refractivity contribution in [2.45, 2.75) is 50.2 Å². The SMILES string of the molecule is C[C@@H]1C[C@@H](O)c2nc(N3CCN(C(=O)[C@@H](c4ccc(Cl)cc4)[C@@H]4CCCN4C)CC3)ncc21.Cl.Cl. The normalized spacial score (nSPS) is 25.0. The third kappa shape index (κ3) is 5.54. The maximum absolute atomic E-state index is 13.8. The molecule has 10 heteroatoms. The van der Waals surface area contributed by atoms with Crippen molar-refractivity contribution in [2.75, 3.05) is 44.7 Å². The molecule has 1 aliphatic carbocycles. The van der Waals surface area contributed by atoms with E-state index < -0.39 is 6.10 Å². The van der Waals surface area contributed by atoms with Gasteiger partial charge in [-0.1, -0.05) is 30.7 Å². The number of likely N-dealkylation sites (N-methyl/N-ethyl adjacent to an activating group) is 1. The summed E-state index contributed by atoms with van der Waals surface area (Å²) < 4.78 is 0. The maximum Gasteiger partial charge on any atom is 0.231 e. The summed E-state index contributed by atoms with van der Waals surface area (Å²) >= 11 is 6.12. The molecule has 1 N–H and O–H groups in total. The Hall–Kier alpha value is -1.64. The van der Waals surface area contributed by atoms with Crippen molar-refractivity contribution in [3.8, 4) is 0 Å². The van der Waals surface area contributed by atoms with Gasteiger partial charge in [-0.05, 0) is 62.0 Å². The summed E-state index contributed by atoms with van der Waals surface area (Å²) in [6.45, 7) is 5.77. The molecular weight excluding hydrogens is 509 g/mol. The highest BCUT2D eigenvalue weighted by atomic mass is 35.5. The topological polar surface area (TPSA) is 72.8 Å². The minimum absolute atomic E-state index is 0.